The van der Waals surface area contributed by atoms with Gasteiger partial charge in [-0.2, -0.15) is 11.8 Å². The molecule has 0 radical (unpaired) electrons. The van der Waals surface area contributed by atoms with Gasteiger partial charge in [0.05, 0.1) is 0 Å². The largest absolute Gasteiger partial charge is 0.295 e. The van der Waals surface area contributed by atoms with Gasteiger partial charge in [0.1, 0.15) is 0 Å². The fraction of sp³-hybridized carbons (Fsp3) is 0.625. The van der Waals surface area contributed by atoms with Crippen molar-refractivity contribution in [2.75, 3.05) is 12.0 Å². The van der Waals surface area contributed by atoms with Crippen LogP contribution in [0.5, 0.6) is 0 Å². The molecule has 58 valence electrons. The van der Waals surface area contributed by atoms with Crippen molar-refractivity contribution in [2.24, 2.45) is 0 Å². The Kier molecular flexibility index (Phi) is 5.40. The highest BCUT2D eigenvalue weighted by Crippen LogP contribution is 1.98. The van der Waals surface area contributed by atoms with Crippen molar-refractivity contribution in [1.82, 2.24) is 0 Å². The fourth-order valence-electron chi connectivity index (χ4n) is 0.597. The van der Waals surface area contributed by atoms with Crippen molar-refractivity contribution in [1.29, 1.82) is 0 Å². The van der Waals surface area contributed by atoms with Crippen LogP contribution < -0.4 is 0 Å². The lowest BCUT2D eigenvalue weighted by Gasteiger charge is -1.92. The van der Waals surface area contributed by atoms with E-state index in [2.05, 4.69) is 0 Å². The topological polar surface area (TPSA) is 17.1 Å². The predicted molar refractivity (Wildman–Crippen MR) is 47.4 cm³/mol. The van der Waals surface area contributed by atoms with Gasteiger partial charge in [0, 0.05) is 12.2 Å². The quantitative estimate of drug-likeness (QED) is 0.584. The molecule has 0 aliphatic carbocycles. The van der Waals surface area contributed by atoms with Gasteiger partial charge in [-0.3, -0.25) is 4.79 Å². The molecule has 0 atom stereocenters. The monoisotopic (exact) mass is 158 g/mol. The molecule has 0 fully saturated rings. The average molecular weight is 158 g/mol. The average Bonchev–Trinajstić information content (AvgIpc) is 1.82. The first-order chi connectivity index (χ1) is 4.66. The number of carbonyl (C=O) groups excluding carboxylic acids is 1. The lowest BCUT2D eigenvalue weighted by molar-refractivity contribution is -0.114. The molecular weight excluding hydrogens is 144 g/mol. The first-order valence-electron chi connectivity index (χ1n) is 3.33. The SMILES string of the molecule is CSCCC(=O)C=C(C)C. The van der Waals surface area contributed by atoms with Gasteiger partial charge in [-0.25, -0.2) is 0 Å². The van der Waals surface area contributed by atoms with E-state index in [4.69, 9.17) is 0 Å². The lowest BCUT2D eigenvalue weighted by atomic mass is 10.2. The normalized spacial score (nSPS) is 9.10. The Labute approximate surface area is 66.9 Å². The summed E-state index contributed by atoms with van der Waals surface area (Å²) in [5, 5.41) is 0. The first kappa shape index (κ1) is 9.76. The molecule has 0 rings (SSSR count). The number of thioether (sulfide) groups is 1. The van der Waals surface area contributed by atoms with Gasteiger partial charge in [0.2, 0.25) is 0 Å². The second-order valence-corrected chi connectivity index (χ2v) is 3.42. The number of allylic oxidation sites excluding steroid dienone is 2. The molecule has 0 aromatic rings. The molecule has 0 aliphatic heterocycles. The number of hydrogen-bond acceptors (Lipinski definition) is 2. The van der Waals surface area contributed by atoms with Crippen LogP contribution >= 0.6 is 11.8 Å². The van der Waals surface area contributed by atoms with E-state index < -0.39 is 0 Å². The van der Waals surface area contributed by atoms with E-state index in [9.17, 15) is 4.79 Å². The van der Waals surface area contributed by atoms with Crippen LogP contribution in [0.1, 0.15) is 20.3 Å². The summed E-state index contributed by atoms with van der Waals surface area (Å²) in [6.07, 6.45) is 4.39. The maximum atomic E-state index is 10.9. The molecule has 0 bridgehead atoms. The summed E-state index contributed by atoms with van der Waals surface area (Å²) in [6, 6.07) is 0. The summed E-state index contributed by atoms with van der Waals surface area (Å²) in [6.45, 7) is 3.88. The predicted octanol–water partition coefficient (Wildman–Crippen LogP) is 2.27. The van der Waals surface area contributed by atoms with Crippen molar-refractivity contribution in [3.05, 3.63) is 11.6 Å². The molecule has 1 nitrogen and oxygen atoms in total. The molecule has 2 heteroatoms. The highest BCUT2D eigenvalue weighted by molar-refractivity contribution is 7.98. The van der Waals surface area contributed by atoms with Crippen LogP contribution in [0.25, 0.3) is 0 Å². The molecule has 0 amide bonds. The molecule has 0 spiro atoms. The molecular formula is C8H14OS. The molecule has 10 heavy (non-hydrogen) atoms. The zero-order valence-electron chi connectivity index (χ0n) is 6.81. The van der Waals surface area contributed by atoms with Crippen LogP contribution in [0.4, 0.5) is 0 Å². The minimum absolute atomic E-state index is 0.245. The van der Waals surface area contributed by atoms with Crippen molar-refractivity contribution < 1.29 is 4.79 Å². The molecule has 0 heterocycles. The summed E-state index contributed by atoms with van der Waals surface area (Å²) in [4.78, 5) is 10.9. The van der Waals surface area contributed by atoms with Crippen LogP contribution in [-0.4, -0.2) is 17.8 Å². The van der Waals surface area contributed by atoms with Crippen molar-refractivity contribution in [2.45, 2.75) is 20.3 Å². The summed E-state index contributed by atoms with van der Waals surface area (Å²) in [5.74, 6) is 1.18. The van der Waals surface area contributed by atoms with E-state index in [0.29, 0.717) is 6.42 Å². The van der Waals surface area contributed by atoms with Crippen molar-refractivity contribution in [3.63, 3.8) is 0 Å². The third kappa shape index (κ3) is 5.89. The number of rotatable bonds is 4. The second kappa shape index (κ2) is 5.54. The van der Waals surface area contributed by atoms with Crippen molar-refractivity contribution >= 4 is 17.5 Å². The summed E-state index contributed by atoms with van der Waals surface area (Å²) < 4.78 is 0. The minimum Gasteiger partial charge on any atom is -0.295 e. The first-order valence-corrected chi connectivity index (χ1v) is 4.73. The smallest absolute Gasteiger partial charge is 0.156 e. The number of carbonyl (C=O) groups is 1. The van der Waals surface area contributed by atoms with E-state index in [0.717, 1.165) is 11.3 Å². The lowest BCUT2D eigenvalue weighted by Crippen LogP contribution is -1.94. The van der Waals surface area contributed by atoms with E-state index in [1.54, 1.807) is 17.8 Å². The summed E-state index contributed by atoms with van der Waals surface area (Å²) in [7, 11) is 0. The Morgan fingerprint density at radius 2 is 2.10 bits per heavy atom. The minimum atomic E-state index is 0.245. The fourth-order valence-corrected chi connectivity index (χ4v) is 1.00. The van der Waals surface area contributed by atoms with Gasteiger partial charge >= 0.3 is 0 Å². The van der Waals surface area contributed by atoms with E-state index in [-0.39, 0.29) is 5.78 Å². The van der Waals surface area contributed by atoms with Crippen LogP contribution in [0.2, 0.25) is 0 Å². The number of ketones is 1. The van der Waals surface area contributed by atoms with Crippen LogP contribution in [0.15, 0.2) is 11.6 Å². The molecule has 0 saturated carbocycles. The van der Waals surface area contributed by atoms with Gasteiger partial charge in [-0.1, -0.05) is 5.57 Å². The van der Waals surface area contributed by atoms with Crippen LogP contribution in [0, 0.1) is 0 Å². The Hall–Kier alpha value is -0.240. The highest BCUT2D eigenvalue weighted by Gasteiger charge is 1.94. The molecule has 0 N–H and O–H groups in total. The van der Waals surface area contributed by atoms with Gasteiger partial charge in [-0.05, 0) is 26.2 Å². The van der Waals surface area contributed by atoms with Crippen LogP contribution in [0.3, 0.4) is 0 Å². The molecule has 0 aromatic carbocycles. The summed E-state index contributed by atoms with van der Waals surface area (Å²) in [5.41, 5.74) is 1.09. The maximum absolute atomic E-state index is 10.9. The Morgan fingerprint density at radius 3 is 2.50 bits per heavy atom. The molecule has 0 aliphatic rings. The summed E-state index contributed by atoms with van der Waals surface area (Å²) >= 11 is 1.71. The van der Waals surface area contributed by atoms with Gasteiger partial charge in [0.25, 0.3) is 0 Å². The second-order valence-electron chi connectivity index (χ2n) is 2.43. The van der Waals surface area contributed by atoms with E-state index in [1.165, 1.54) is 0 Å². The van der Waals surface area contributed by atoms with E-state index in [1.807, 2.05) is 20.1 Å². The number of hydrogen-bond donors (Lipinski definition) is 0. The molecule has 0 aromatic heterocycles. The van der Waals surface area contributed by atoms with Crippen LogP contribution in [-0.2, 0) is 4.79 Å². The Bertz CT molecular complexity index is 134. The third-order valence-electron chi connectivity index (χ3n) is 1.00. The maximum Gasteiger partial charge on any atom is 0.156 e. The molecule has 0 unspecified atom stereocenters. The Morgan fingerprint density at radius 1 is 1.50 bits per heavy atom. The Balaban J connectivity index is 3.54. The van der Waals surface area contributed by atoms with Gasteiger partial charge < -0.3 is 0 Å². The third-order valence-corrected chi connectivity index (χ3v) is 1.61. The van der Waals surface area contributed by atoms with E-state index >= 15 is 0 Å². The zero-order chi connectivity index (χ0) is 7.98. The van der Waals surface area contributed by atoms with Gasteiger partial charge in [0.15, 0.2) is 5.78 Å². The van der Waals surface area contributed by atoms with Gasteiger partial charge in [-0.15, -0.1) is 0 Å². The van der Waals surface area contributed by atoms with Crippen molar-refractivity contribution in [3.8, 4) is 0 Å². The highest BCUT2D eigenvalue weighted by atomic mass is 32.2. The zero-order valence-corrected chi connectivity index (χ0v) is 7.62. The standard InChI is InChI=1S/C8H14OS/c1-7(2)6-8(9)4-5-10-3/h6H,4-5H2,1-3H3. The molecule has 0 saturated heterocycles.